The predicted molar refractivity (Wildman–Crippen MR) is 105 cm³/mol. The molecule has 0 fully saturated rings. The molecule has 4 nitrogen and oxygen atoms in total. The number of hydrogen-bond acceptors (Lipinski definition) is 2. The molecular formula is C20H23BrN2O2. The summed E-state index contributed by atoms with van der Waals surface area (Å²) in [5.41, 5.74) is 3.16. The van der Waals surface area contributed by atoms with Crippen LogP contribution in [-0.4, -0.2) is 17.9 Å². The summed E-state index contributed by atoms with van der Waals surface area (Å²) in [6.45, 7) is 7.63. The third-order valence-electron chi connectivity index (χ3n) is 4.07. The molecule has 2 aromatic rings. The SMILES string of the molecule is Cc1cc(Br)ccc1NC(=O)C(NC(=O)c1ccccc1C)C(C)C. The Kier molecular flexibility index (Phi) is 6.37. The predicted octanol–water partition coefficient (Wildman–Crippen LogP) is 4.46. The average Bonchev–Trinajstić information content (AvgIpc) is 2.55. The van der Waals surface area contributed by atoms with E-state index in [0.29, 0.717) is 5.56 Å². The van der Waals surface area contributed by atoms with E-state index in [2.05, 4.69) is 26.6 Å². The normalized spacial score (nSPS) is 11.9. The lowest BCUT2D eigenvalue weighted by Crippen LogP contribution is -2.47. The Morgan fingerprint density at radius 2 is 1.68 bits per heavy atom. The summed E-state index contributed by atoms with van der Waals surface area (Å²) in [5, 5.41) is 5.78. The smallest absolute Gasteiger partial charge is 0.252 e. The lowest BCUT2D eigenvalue weighted by atomic mass is 10.0. The first-order chi connectivity index (χ1) is 11.8. The molecule has 0 aliphatic rings. The molecule has 2 rings (SSSR count). The number of carbonyl (C=O) groups excluding carboxylic acids is 2. The van der Waals surface area contributed by atoms with Gasteiger partial charge in [-0.3, -0.25) is 9.59 Å². The standard InChI is InChI=1S/C20H23BrN2O2/c1-12(2)18(23-19(24)16-8-6-5-7-13(16)3)20(25)22-17-10-9-15(21)11-14(17)4/h5-12,18H,1-4H3,(H,22,25)(H,23,24). The lowest BCUT2D eigenvalue weighted by molar-refractivity contribution is -0.118. The van der Waals surface area contributed by atoms with E-state index in [1.807, 2.05) is 64.1 Å². The molecule has 1 atom stereocenters. The maximum atomic E-state index is 12.7. The van der Waals surface area contributed by atoms with Crippen LogP contribution in [0, 0.1) is 19.8 Å². The Morgan fingerprint density at radius 3 is 2.28 bits per heavy atom. The lowest BCUT2D eigenvalue weighted by Gasteiger charge is -2.22. The Balaban J connectivity index is 2.16. The zero-order chi connectivity index (χ0) is 18.6. The van der Waals surface area contributed by atoms with Crippen molar-refractivity contribution in [3.63, 3.8) is 0 Å². The average molecular weight is 403 g/mol. The van der Waals surface area contributed by atoms with Gasteiger partial charge in [-0.05, 0) is 55.2 Å². The van der Waals surface area contributed by atoms with Gasteiger partial charge < -0.3 is 10.6 Å². The molecule has 132 valence electrons. The van der Waals surface area contributed by atoms with E-state index < -0.39 is 6.04 Å². The molecular weight excluding hydrogens is 380 g/mol. The molecule has 0 bridgehead atoms. The zero-order valence-corrected chi connectivity index (χ0v) is 16.5. The summed E-state index contributed by atoms with van der Waals surface area (Å²) in [7, 11) is 0. The molecule has 0 aliphatic carbocycles. The number of anilines is 1. The summed E-state index contributed by atoms with van der Waals surface area (Å²) in [6, 6.07) is 12.4. The van der Waals surface area contributed by atoms with Crippen LogP contribution in [0.4, 0.5) is 5.69 Å². The number of hydrogen-bond donors (Lipinski definition) is 2. The number of aryl methyl sites for hydroxylation is 2. The van der Waals surface area contributed by atoms with E-state index in [0.717, 1.165) is 21.3 Å². The minimum atomic E-state index is -0.616. The number of rotatable bonds is 5. The van der Waals surface area contributed by atoms with Crippen molar-refractivity contribution >= 4 is 33.4 Å². The number of carbonyl (C=O) groups is 2. The largest absolute Gasteiger partial charge is 0.340 e. The van der Waals surface area contributed by atoms with E-state index in [-0.39, 0.29) is 17.7 Å². The summed E-state index contributed by atoms with van der Waals surface area (Å²) < 4.78 is 0.955. The Hall–Kier alpha value is -2.14. The fraction of sp³-hybridized carbons (Fsp3) is 0.300. The highest BCUT2D eigenvalue weighted by Crippen LogP contribution is 2.21. The molecule has 25 heavy (non-hydrogen) atoms. The van der Waals surface area contributed by atoms with Crippen LogP contribution in [0.5, 0.6) is 0 Å². The summed E-state index contributed by atoms with van der Waals surface area (Å²) >= 11 is 3.41. The quantitative estimate of drug-likeness (QED) is 0.775. The fourth-order valence-electron chi connectivity index (χ4n) is 2.56. The van der Waals surface area contributed by atoms with Gasteiger partial charge in [0, 0.05) is 15.7 Å². The molecule has 1 unspecified atom stereocenters. The fourth-order valence-corrected chi connectivity index (χ4v) is 3.03. The molecule has 2 N–H and O–H groups in total. The van der Waals surface area contributed by atoms with Crippen LogP contribution in [0.3, 0.4) is 0 Å². The van der Waals surface area contributed by atoms with Crippen molar-refractivity contribution in [1.29, 1.82) is 0 Å². The Morgan fingerprint density at radius 1 is 1.00 bits per heavy atom. The highest BCUT2D eigenvalue weighted by molar-refractivity contribution is 9.10. The molecule has 0 spiro atoms. The molecule has 0 radical (unpaired) electrons. The second-order valence-corrected chi connectivity index (χ2v) is 7.37. The van der Waals surface area contributed by atoms with Crippen LogP contribution in [-0.2, 0) is 4.79 Å². The second-order valence-electron chi connectivity index (χ2n) is 6.46. The first kappa shape index (κ1) is 19.2. The van der Waals surface area contributed by atoms with E-state index in [1.165, 1.54) is 0 Å². The van der Waals surface area contributed by atoms with Crippen molar-refractivity contribution in [3.8, 4) is 0 Å². The van der Waals surface area contributed by atoms with E-state index in [4.69, 9.17) is 0 Å². The molecule has 0 aliphatic heterocycles. The summed E-state index contributed by atoms with van der Waals surface area (Å²) in [6.07, 6.45) is 0. The number of amides is 2. The van der Waals surface area contributed by atoms with Gasteiger partial charge in [0.25, 0.3) is 5.91 Å². The van der Waals surface area contributed by atoms with Crippen molar-refractivity contribution in [2.24, 2.45) is 5.92 Å². The molecule has 5 heteroatoms. The minimum Gasteiger partial charge on any atom is -0.340 e. The zero-order valence-electron chi connectivity index (χ0n) is 14.9. The third kappa shape index (κ3) is 4.92. The van der Waals surface area contributed by atoms with Gasteiger partial charge >= 0.3 is 0 Å². The van der Waals surface area contributed by atoms with Gasteiger partial charge in [-0.2, -0.15) is 0 Å². The van der Waals surface area contributed by atoms with Crippen molar-refractivity contribution in [1.82, 2.24) is 5.32 Å². The highest BCUT2D eigenvalue weighted by Gasteiger charge is 2.25. The summed E-state index contributed by atoms with van der Waals surface area (Å²) in [4.78, 5) is 25.3. The molecule has 2 amide bonds. The Labute approximate surface area is 157 Å². The molecule has 0 saturated carbocycles. The molecule has 2 aromatic carbocycles. The molecule has 0 heterocycles. The van der Waals surface area contributed by atoms with Gasteiger partial charge in [-0.15, -0.1) is 0 Å². The van der Waals surface area contributed by atoms with Gasteiger partial charge in [0.2, 0.25) is 5.91 Å². The minimum absolute atomic E-state index is 0.0382. The van der Waals surface area contributed by atoms with E-state index >= 15 is 0 Å². The first-order valence-electron chi connectivity index (χ1n) is 8.23. The van der Waals surface area contributed by atoms with Crippen LogP contribution in [0.25, 0.3) is 0 Å². The van der Waals surface area contributed by atoms with Crippen molar-refractivity contribution in [3.05, 3.63) is 63.6 Å². The van der Waals surface area contributed by atoms with Crippen LogP contribution < -0.4 is 10.6 Å². The maximum absolute atomic E-state index is 12.7. The van der Waals surface area contributed by atoms with Crippen LogP contribution in [0.15, 0.2) is 46.9 Å². The van der Waals surface area contributed by atoms with Crippen molar-refractivity contribution in [2.75, 3.05) is 5.32 Å². The van der Waals surface area contributed by atoms with E-state index in [9.17, 15) is 9.59 Å². The topological polar surface area (TPSA) is 58.2 Å². The van der Waals surface area contributed by atoms with Gasteiger partial charge in [0.15, 0.2) is 0 Å². The first-order valence-corrected chi connectivity index (χ1v) is 9.02. The number of halogens is 1. The highest BCUT2D eigenvalue weighted by atomic mass is 79.9. The maximum Gasteiger partial charge on any atom is 0.252 e. The monoisotopic (exact) mass is 402 g/mol. The van der Waals surface area contributed by atoms with Gasteiger partial charge in [-0.25, -0.2) is 0 Å². The van der Waals surface area contributed by atoms with Gasteiger partial charge in [-0.1, -0.05) is 48.0 Å². The van der Waals surface area contributed by atoms with Gasteiger partial charge in [0.05, 0.1) is 0 Å². The molecule has 0 saturated heterocycles. The third-order valence-corrected chi connectivity index (χ3v) is 4.56. The van der Waals surface area contributed by atoms with Crippen molar-refractivity contribution < 1.29 is 9.59 Å². The number of benzene rings is 2. The van der Waals surface area contributed by atoms with Gasteiger partial charge in [0.1, 0.15) is 6.04 Å². The van der Waals surface area contributed by atoms with Crippen molar-refractivity contribution in [2.45, 2.75) is 33.7 Å². The number of nitrogens with one attached hydrogen (secondary N) is 2. The van der Waals surface area contributed by atoms with Crippen LogP contribution in [0.2, 0.25) is 0 Å². The van der Waals surface area contributed by atoms with E-state index in [1.54, 1.807) is 6.07 Å². The second kappa shape index (κ2) is 8.30. The Bertz CT molecular complexity index is 787. The molecule has 0 aromatic heterocycles. The van der Waals surface area contributed by atoms with Crippen LogP contribution in [0.1, 0.15) is 35.3 Å². The summed E-state index contributed by atoms with van der Waals surface area (Å²) in [5.74, 6) is -0.495. The van der Waals surface area contributed by atoms with Crippen LogP contribution >= 0.6 is 15.9 Å².